The molecule has 2 aliphatic rings. The molecular weight excluding hydrogens is 431 g/mol. The Morgan fingerprint density at radius 2 is 1.96 bits per heavy atom. The van der Waals surface area contributed by atoms with Crippen LogP contribution in [0.5, 0.6) is 0 Å². The van der Waals surface area contributed by atoms with Gasteiger partial charge in [-0.2, -0.15) is 0 Å². The van der Waals surface area contributed by atoms with E-state index in [0.29, 0.717) is 16.4 Å². The van der Waals surface area contributed by atoms with E-state index in [-0.39, 0.29) is 22.9 Å². The molecule has 1 aromatic rings. The van der Waals surface area contributed by atoms with Crippen LogP contribution in [0.3, 0.4) is 0 Å². The van der Waals surface area contributed by atoms with Gasteiger partial charge in [-0.15, -0.1) is 0 Å². The number of carbonyl (C=O) groups excluding carboxylic acids is 1. The first-order chi connectivity index (χ1) is 10.7. The zero-order valence-corrected chi connectivity index (χ0v) is 16.1. The van der Waals surface area contributed by atoms with Gasteiger partial charge in [-0.1, -0.05) is 0 Å². The van der Waals surface area contributed by atoms with Crippen molar-refractivity contribution in [2.45, 2.75) is 33.1 Å². The van der Waals surface area contributed by atoms with Crippen molar-refractivity contribution >= 4 is 36.6 Å². The fraction of sp³-hybridized carbons (Fsp3) is 0.562. The average Bonchev–Trinajstić information content (AvgIpc) is 2.81. The van der Waals surface area contributed by atoms with Crippen LogP contribution in [0.1, 0.15) is 33.1 Å². The molecule has 2 fully saturated rings. The monoisotopic (exact) mass is 452 g/mol. The van der Waals surface area contributed by atoms with E-state index in [4.69, 9.17) is 2.51 Å². The van der Waals surface area contributed by atoms with Gasteiger partial charge >= 0.3 is 145 Å². The number of ketones is 1. The topological polar surface area (TPSA) is 80.7 Å². The van der Waals surface area contributed by atoms with Crippen LogP contribution in [0.25, 0.3) is 0 Å². The first kappa shape index (κ1) is 17.3. The van der Waals surface area contributed by atoms with E-state index in [1.165, 1.54) is 0 Å². The van der Waals surface area contributed by atoms with E-state index in [1.807, 2.05) is 13.8 Å². The van der Waals surface area contributed by atoms with E-state index >= 15 is 0 Å². The number of hydrogen-bond acceptors (Lipinski definition) is 5. The molecule has 128 valence electrons. The Morgan fingerprint density at radius 1 is 1.30 bits per heavy atom. The minimum absolute atomic E-state index is 0.0314. The van der Waals surface area contributed by atoms with Crippen LogP contribution in [0.2, 0.25) is 0 Å². The van der Waals surface area contributed by atoms with Crippen LogP contribution in [0.15, 0.2) is 30.3 Å². The molecule has 7 heteroatoms. The van der Waals surface area contributed by atoms with Gasteiger partial charge in [-0.3, -0.25) is 0 Å². The first-order valence-electron chi connectivity index (χ1n) is 7.58. The second kappa shape index (κ2) is 5.79. The molecule has 2 unspecified atom stereocenters. The molecule has 0 spiro atoms. The quantitative estimate of drug-likeness (QED) is 0.696. The number of rotatable bonds is 5. The van der Waals surface area contributed by atoms with Crippen molar-refractivity contribution in [1.82, 2.24) is 0 Å². The summed E-state index contributed by atoms with van der Waals surface area (Å²) in [6.45, 7) is 3.97. The third-order valence-corrected chi connectivity index (χ3v) is 11.2. The number of Topliss-reactive ketones (excluding diaryl/α,β-unsaturated/α-hetero) is 1. The molecule has 0 saturated heterocycles. The maximum atomic E-state index is 12.5. The van der Waals surface area contributed by atoms with Crippen LogP contribution in [0.4, 0.5) is 0 Å². The molecule has 0 aliphatic heterocycles. The number of fused-ring (bicyclic) bond motifs is 2. The van der Waals surface area contributed by atoms with Crippen LogP contribution in [0, 0.1) is 20.3 Å². The second-order valence-corrected chi connectivity index (χ2v) is 12.1. The predicted molar refractivity (Wildman–Crippen MR) is 94.8 cm³/mol. The predicted octanol–water partition coefficient (Wildman–Crippen LogP) is 2.93. The molecule has 1 aromatic carbocycles. The van der Waals surface area contributed by atoms with Crippen molar-refractivity contribution < 1.29 is 19.2 Å². The molecule has 2 saturated carbocycles. The van der Waals surface area contributed by atoms with Gasteiger partial charge in [0.25, 0.3) is 0 Å². The van der Waals surface area contributed by atoms with Gasteiger partial charge in [0.2, 0.25) is 0 Å². The summed E-state index contributed by atoms with van der Waals surface area (Å²) in [5, 5.41) is 0. The molecule has 3 rings (SSSR count). The Morgan fingerprint density at radius 3 is 2.48 bits per heavy atom. The Labute approximate surface area is 145 Å². The van der Waals surface area contributed by atoms with Crippen molar-refractivity contribution in [1.29, 1.82) is 0 Å². The van der Waals surface area contributed by atoms with Gasteiger partial charge in [-0.25, -0.2) is 0 Å². The molecule has 5 nitrogen and oxygen atoms in total. The molecule has 0 aromatic heterocycles. The molecule has 0 amide bonds. The average molecular weight is 452 g/mol. The van der Waals surface area contributed by atoms with Crippen molar-refractivity contribution in [2.24, 2.45) is 16.7 Å². The Balaban J connectivity index is 1.80. The van der Waals surface area contributed by atoms with E-state index in [1.54, 1.807) is 30.3 Å². The SMILES string of the molecule is CC1(C)C2CCC1(CS(=O)(=O)OI(O)c1ccccc1)C(=O)C2. The van der Waals surface area contributed by atoms with Gasteiger partial charge in [0, 0.05) is 0 Å². The van der Waals surface area contributed by atoms with E-state index in [9.17, 15) is 16.6 Å². The first-order valence-corrected chi connectivity index (χ1v) is 12.1. The Hall–Kier alpha value is -0.510. The van der Waals surface area contributed by atoms with Crippen LogP contribution in [-0.2, 0) is 17.4 Å². The summed E-state index contributed by atoms with van der Waals surface area (Å²) in [5.74, 6) is -0.0315. The Bertz CT molecular complexity index is 715. The fourth-order valence-corrected chi connectivity index (χ4v) is 9.25. The standard InChI is InChI=1S/C16H21IO5S/c1-15(2)12-8-9-16(15,14(18)10-12)11-23(20,21)22-17(19)13-6-4-3-5-7-13/h3-7,12,19H,8-11H2,1-2H3. The third kappa shape index (κ3) is 2.85. The molecule has 2 atom stereocenters. The van der Waals surface area contributed by atoms with E-state index in [2.05, 4.69) is 0 Å². The molecule has 2 bridgehead atoms. The van der Waals surface area contributed by atoms with Crippen molar-refractivity contribution in [2.75, 3.05) is 5.75 Å². The molecular formula is C16H21IO5S. The summed E-state index contributed by atoms with van der Waals surface area (Å²) in [6.07, 6.45) is 1.94. The number of halogens is 1. The molecule has 0 radical (unpaired) electrons. The zero-order valence-electron chi connectivity index (χ0n) is 13.2. The van der Waals surface area contributed by atoms with Crippen molar-refractivity contribution in [3.63, 3.8) is 0 Å². The normalized spacial score (nSPS) is 29.8. The van der Waals surface area contributed by atoms with Gasteiger partial charge in [-0.05, 0) is 0 Å². The maximum absolute atomic E-state index is 12.5. The summed E-state index contributed by atoms with van der Waals surface area (Å²) >= 11 is -3.23. The summed E-state index contributed by atoms with van der Waals surface area (Å²) < 4.78 is 40.8. The zero-order chi connectivity index (χ0) is 16.9. The van der Waals surface area contributed by atoms with Crippen LogP contribution >= 0.6 is 20.6 Å². The number of benzene rings is 1. The van der Waals surface area contributed by atoms with Gasteiger partial charge < -0.3 is 0 Å². The fourth-order valence-electron chi connectivity index (χ4n) is 4.08. The molecule has 23 heavy (non-hydrogen) atoms. The minimum atomic E-state index is -3.96. The van der Waals surface area contributed by atoms with Crippen molar-refractivity contribution in [3.8, 4) is 0 Å². The summed E-state index contributed by atoms with van der Waals surface area (Å²) in [7, 11) is -3.96. The van der Waals surface area contributed by atoms with Crippen molar-refractivity contribution in [3.05, 3.63) is 33.9 Å². The summed E-state index contributed by atoms with van der Waals surface area (Å²) in [5.41, 5.74) is -1.19. The Kier molecular flexibility index (Phi) is 4.36. The summed E-state index contributed by atoms with van der Waals surface area (Å²) in [4.78, 5) is 12.4. The molecule has 1 N–H and O–H groups in total. The molecule has 2 aliphatic carbocycles. The molecule has 0 heterocycles. The van der Waals surface area contributed by atoms with Crippen LogP contribution < -0.4 is 0 Å². The summed E-state index contributed by atoms with van der Waals surface area (Å²) in [6, 6.07) is 8.58. The van der Waals surface area contributed by atoms with Crippen LogP contribution in [-0.4, -0.2) is 23.4 Å². The van der Waals surface area contributed by atoms with Gasteiger partial charge in [0.05, 0.1) is 0 Å². The third-order valence-electron chi connectivity index (χ3n) is 5.64. The van der Waals surface area contributed by atoms with Gasteiger partial charge in [0.1, 0.15) is 0 Å². The van der Waals surface area contributed by atoms with Gasteiger partial charge in [0.15, 0.2) is 0 Å². The number of hydrogen-bond donors (Lipinski definition) is 1. The number of carbonyl (C=O) groups is 1. The van der Waals surface area contributed by atoms with E-state index < -0.39 is 36.2 Å². The van der Waals surface area contributed by atoms with E-state index in [0.717, 1.165) is 6.42 Å². The second-order valence-electron chi connectivity index (χ2n) is 6.96.